The molecular formula is C23H27ClO5. The summed E-state index contributed by atoms with van der Waals surface area (Å²) in [6, 6.07) is 13.7. The van der Waals surface area contributed by atoms with Crippen LogP contribution in [0, 0.1) is 0 Å². The molecule has 2 aromatic rings. The minimum Gasteiger partial charge on any atom is -0.488 e. The molecule has 2 unspecified atom stereocenters. The Labute approximate surface area is 175 Å². The van der Waals surface area contributed by atoms with Crippen LogP contribution in [0.4, 0.5) is 0 Å². The van der Waals surface area contributed by atoms with Crippen LogP contribution in [0.2, 0.25) is 5.02 Å². The molecular weight excluding hydrogens is 392 g/mol. The number of rotatable bonds is 6. The molecule has 2 aromatic carbocycles. The lowest BCUT2D eigenvalue weighted by Crippen LogP contribution is -2.41. The minimum absolute atomic E-state index is 0.0967. The van der Waals surface area contributed by atoms with Crippen LogP contribution in [0.5, 0.6) is 5.75 Å². The molecule has 156 valence electrons. The van der Waals surface area contributed by atoms with Gasteiger partial charge in [0.2, 0.25) is 0 Å². The van der Waals surface area contributed by atoms with Crippen LogP contribution in [0.25, 0.3) is 0 Å². The highest BCUT2D eigenvalue weighted by molar-refractivity contribution is 6.31. The average molecular weight is 419 g/mol. The van der Waals surface area contributed by atoms with Crippen LogP contribution in [-0.4, -0.2) is 46.3 Å². The van der Waals surface area contributed by atoms with E-state index in [0.29, 0.717) is 24.3 Å². The van der Waals surface area contributed by atoms with Crippen LogP contribution in [0.3, 0.4) is 0 Å². The van der Waals surface area contributed by atoms with Gasteiger partial charge in [0.1, 0.15) is 11.9 Å². The number of aliphatic hydroxyl groups is 3. The van der Waals surface area contributed by atoms with E-state index >= 15 is 0 Å². The summed E-state index contributed by atoms with van der Waals surface area (Å²) < 4.78 is 11.7. The number of hydrogen-bond acceptors (Lipinski definition) is 5. The van der Waals surface area contributed by atoms with E-state index in [2.05, 4.69) is 0 Å². The Morgan fingerprint density at radius 3 is 2.48 bits per heavy atom. The van der Waals surface area contributed by atoms with Gasteiger partial charge in [-0.05, 0) is 54.2 Å². The van der Waals surface area contributed by atoms with Gasteiger partial charge in [-0.1, -0.05) is 35.9 Å². The molecule has 5 atom stereocenters. The van der Waals surface area contributed by atoms with E-state index in [1.807, 2.05) is 42.5 Å². The van der Waals surface area contributed by atoms with Crippen molar-refractivity contribution in [3.8, 4) is 5.75 Å². The molecule has 1 aliphatic heterocycles. The number of hydrogen-bond donors (Lipinski definition) is 3. The zero-order valence-electron chi connectivity index (χ0n) is 16.2. The van der Waals surface area contributed by atoms with Gasteiger partial charge < -0.3 is 24.8 Å². The van der Waals surface area contributed by atoms with Crippen LogP contribution in [-0.2, 0) is 11.2 Å². The van der Waals surface area contributed by atoms with Gasteiger partial charge in [-0.15, -0.1) is 0 Å². The van der Waals surface area contributed by atoms with Crippen molar-refractivity contribution in [3.05, 3.63) is 64.2 Å². The zero-order valence-corrected chi connectivity index (χ0v) is 17.0. The molecule has 0 radical (unpaired) electrons. The smallest absolute Gasteiger partial charge is 0.125 e. The van der Waals surface area contributed by atoms with Crippen molar-refractivity contribution in [2.75, 3.05) is 6.61 Å². The van der Waals surface area contributed by atoms with Gasteiger partial charge in [-0.2, -0.15) is 0 Å². The first-order valence-electron chi connectivity index (χ1n) is 10.2. The second-order valence-corrected chi connectivity index (χ2v) is 8.43. The Hall–Kier alpha value is -1.63. The van der Waals surface area contributed by atoms with E-state index in [4.69, 9.17) is 21.1 Å². The molecule has 29 heavy (non-hydrogen) atoms. The molecule has 3 N–H and O–H groups in total. The Bertz CT molecular complexity index is 825. The number of ether oxygens (including phenoxy) is 2. The van der Waals surface area contributed by atoms with Crippen molar-refractivity contribution in [3.63, 3.8) is 0 Å². The molecule has 0 amide bonds. The number of halogens is 1. The molecule has 1 heterocycles. The standard InChI is InChI=1S/C23H27ClO5/c24-20-6-3-15(23-12-17(26)11-19(13-25)29-23)10-16(20)9-14-1-4-18(5-2-14)28-22-8-7-21(22)27/h1-6,10,17,19,21-23,25-27H,7-9,11-13H2/t17-,19-,21?,22?,23+/m0/s1. The summed E-state index contributed by atoms with van der Waals surface area (Å²) in [4.78, 5) is 0. The molecule has 2 aliphatic rings. The third kappa shape index (κ3) is 4.93. The van der Waals surface area contributed by atoms with Crippen LogP contribution in [0.1, 0.15) is 48.5 Å². The molecule has 0 spiro atoms. The fourth-order valence-corrected chi connectivity index (χ4v) is 4.11. The normalized spacial score (nSPS) is 29.3. The fourth-order valence-electron chi connectivity index (χ4n) is 3.92. The highest BCUT2D eigenvalue weighted by Gasteiger charge is 2.31. The molecule has 0 aromatic heterocycles. The molecule has 1 aliphatic carbocycles. The monoisotopic (exact) mass is 418 g/mol. The molecule has 2 fully saturated rings. The molecule has 6 heteroatoms. The summed E-state index contributed by atoms with van der Waals surface area (Å²) in [6.45, 7) is -0.0969. The third-order valence-corrected chi connectivity index (χ3v) is 6.17. The quantitative estimate of drug-likeness (QED) is 0.670. The second kappa shape index (κ2) is 9.02. The van der Waals surface area contributed by atoms with Gasteiger partial charge in [0.05, 0.1) is 31.0 Å². The maximum absolute atomic E-state index is 10.1. The van der Waals surface area contributed by atoms with Gasteiger partial charge in [0.25, 0.3) is 0 Å². The van der Waals surface area contributed by atoms with E-state index in [1.165, 1.54) is 0 Å². The second-order valence-electron chi connectivity index (χ2n) is 8.03. The van der Waals surface area contributed by atoms with Gasteiger partial charge in [-0.3, -0.25) is 0 Å². The zero-order chi connectivity index (χ0) is 20.4. The molecule has 0 bridgehead atoms. The summed E-state index contributed by atoms with van der Waals surface area (Å²) in [5.41, 5.74) is 3.04. The summed E-state index contributed by atoms with van der Waals surface area (Å²) in [5, 5.41) is 29.8. The van der Waals surface area contributed by atoms with E-state index in [1.54, 1.807) is 0 Å². The Morgan fingerprint density at radius 1 is 1.03 bits per heavy atom. The molecule has 1 saturated carbocycles. The number of benzene rings is 2. The van der Waals surface area contributed by atoms with Crippen molar-refractivity contribution < 1.29 is 24.8 Å². The summed E-state index contributed by atoms with van der Waals surface area (Å²) in [7, 11) is 0. The van der Waals surface area contributed by atoms with Crippen LogP contribution >= 0.6 is 11.6 Å². The minimum atomic E-state index is -0.480. The largest absolute Gasteiger partial charge is 0.488 e. The van der Waals surface area contributed by atoms with E-state index in [0.717, 1.165) is 35.3 Å². The third-order valence-electron chi connectivity index (χ3n) is 5.80. The maximum Gasteiger partial charge on any atom is 0.125 e. The topological polar surface area (TPSA) is 79.2 Å². The average Bonchev–Trinajstić information content (AvgIpc) is 2.73. The Balaban J connectivity index is 1.45. The highest BCUT2D eigenvalue weighted by Crippen LogP contribution is 2.34. The lowest BCUT2D eigenvalue weighted by Gasteiger charge is -2.32. The summed E-state index contributed by atoms with van der Waals surface area (Å²) >= 11 is 6.43. The first-order valence-corrected chi connectivity index (χ1v) is 10.6. The highest BCUT2D eigenvalue weighted by atomic mass is 35.5. The van der Waals surface area contributed by atoms with Crippen molar-refractivity contribution >= 4 is 11.6 Å². The SMILES string of the molecule is OC[C@@H]1C[C@H](O)C[C@H](c2ccc(Cl)c(Cc3ccc(OC4CCC4O)cc3)c2)O1. The predicted octanol–water partition coefficient (Wildman–Crippen LogP) is 3.41. The van der Waals surface area contributed by atoms with Crippen molar-refractivity contribution in [1.29, 1.82) is 0 Å². The Morgan fingerprint density at radius 2 is 1.83 bits per heavy atom. The maximum atomic E-state index is 10.1. The Kier molecular flexibility index (Phi) is 6.42. The van der Waals surface area contributed by atoms with Crippen molar-refractivity contribution in [2.24, 2.45) is 0 Å². The van der Waals surface area contributed by atoms with E-state index < -0.39 is 6.10 Å². The van der Waals surface area contributed by atoms with Crippen LogP contribution < -0.4 is 4.74 Å². The van der Waals surface area contributed by atoms with E-state index in [-0.39, 0.29) is 31.0 Å². The molecule has 1 saturated heterocycles. The van der Waals surface area contributed by atoms with Crippen molar-refractivity contribution in [1.82, 2.24) is 0 Å². The summed E-state index contributed by atoms with van der Waals surface area (Å²) in [5.74, 6) is 0.761. The van der Waals surface area contributed by atoms with Crippen LogP contribution in [0.15, 0.2) is 42.5 Å². The lowest BCUT2D eigenvalue weighted by molar-refractivity contribution is -0.113. The van der Waals surface area contributed by atoms with Gasteiger partial charge in [0, 0.05) is 17.9 Å². The predicted molar refractivity (Wildman–Crippen MR) is 110 cm³/mol. The first-order chi connectivity index (χ1) is 14.0. The number of aliphatic hydroxyl groups excluding tert-OH is 3. The van der Waals surface area contributed by atoms with Crippen molar-refractivity contribution in [2.45, 2.75) is 62.6 Å². The fraction of sp³-hybridized carbons (Fsp3) is 0.478. The first kappa shape index (κ1) is 20.6. The lowest BCUT2D eigenvalue weighted by atomic mass is 9.92. The molecule has 5 nitrogen and oxygen atoms in total. The van der Waals surface area contributed by atoms with E-state index in [9.17, 15) is 15.3 Å². The van der Waals surface area contributed by atoms with Gasteiger partial charge in [-0.25, -0.2) is 0 Å². The molecule has 4 rings (SSSR count). The van der Waals surface area contributed by atoms with Gasteiger partial charge in [0.15, 0.2) is 0 Å². The van der Waals surface area contributed by atoms with Gasteiger partial charge >= 0.3 is 0 Å². The summed E-state index contributed by atoms with van der Waals surface area (Å²) in [6.07, 6.45) is 1.79.